The van der Waals surface area contributed by atoms with Crippen molar-refractivity contribution in [2.75, 3.05) is 44.2 Å². The van der Waals surface area contributed by atoms with Crippen molar-refractivity contribution >= 4 is 11.6 Å². The largest absolute Gasteiger partial charge is 0.394 e. The van der Waals surface area contributed by atoms with Gasteiger partial charge in [-0.3, -0.25) is 4.79 Å². The van der Waals surface area contributed by atoms with E-state index in [4.69, 9.17) is 0 Å². The monoisotopic (exact) mass is 305 g/mol. The van der Waals surface area contributed by atoms with Crippen LogP contribution < -0.4 is 10.2 Å². The van der Waals surface area contributed by atoms with Gasteiger partial charge in [0.25, 0.3) is 5.91 Å². The number of aliphatic hydroxyl groups excluding tert-OH is 1. The fraction of sp³-hybridized carbons (Fsp3) is 0.588. The van der Waals surface area contributed by atoms with Crippen LogP contribution in [0, 0.1) is 0 Å². The third-order valence-corrected chi connectivity index (χ3v) is 4.16. The predicted octanol–water partition coefficient (Wildman–Crippen LogP) is 1.33. The summed E-state index contributed by atoms with van der Waals surface area (Å²) in [4.78, 5) is 16.9. The third-order valence-electron chi connectivity index (χ3n) is 4.16. The molecule has 1 fully saturated rings. The van der Waals surface area contributed by atoms with E-state index in [1.165, 1.54) is 0 Å². The quantitative estimate of drug-likeness (QED) is 0.862. The zero-order chi connectivity index (χ0) is 16.2. The lowest BCUT2D eigenvalue weighted by Gasteiger charge is -2.35. The molecule has 0 saturated carbocycles. The molecule has 22 heavy (non-hydrogen) atoms. The SMILES string of the molecule is CCN1CCN(c2ccc(C(=O)NC(C)(C)CO)cc2)CC1. The minimum absolute atomic E-state index is 0.0848. The molecule has 122 valence electrons. The molecule has 1 aliphatic heterocycles. The number of aliphatic hydroxyl groups is 1. The Bertz CT molecular complexity index is 491. The van der Waals surface area contributed by atoms with Crippen LogP contribution in [0.15, 0.2) is 24.3 Å². The maximum atomic E-state index is 12.1. The Morgan fingerprint density at radius 2 is 1.77 bits per heavy atom. The molecular weight excluding hydrogens is 278 g/mol. The second kappa shape index (κ2) is 7.11. The molecule has 2 N–H and O–H groups in total. The highest BCUT2D eigenvalue weighted by Crippen LogP contribution is 2.17. The number of carbonyl (C=O) groups is 1. The van der Waals surface area contributed by atoms with Crippen molar-refractivity contribution in [3.8, 4) is 0 Å². The summed E-state index contributed by atoms with van der Waals surface area (Å²) < 4.78 is 0. The Balaban J connectivity index is 1.97. The van der Waals surface area contributed by atoms with E-state index in [2.05, 4.69) is 22.0 Å². The molecule has 1 aromatic rings. The first-order chi connectivity index (χ1) is 10.4. The molecule has 1 heterocycles. The number of amides is 1. The standard InChI is InChI=1S/C17H27N3O2/c1-4-19-9-11-20(12-10-19)15-7-5-14(6-8-15)16(22)18-17(2,3)13-21/h5-8,21H,4,9-13H2,1-3H3,(H,18,22). The average molecular weight is 305 g/mol. The van der Waals surface area contributed by atoms with Crippen LogP contribution >= 0.6 is 0 Å². The minimum Gasteiger partial charge on any atom is -0.394 e. The average Bonchev–Trinajstić information content (AvgIpc) is 2.55. The van der Waals surface area contributed by atoms with Crippen LogP contribution in [0.4, 0.5) is 5.69 Å². The maximum Gasteiger partial charge on any atom is 0.251 e. The normalized spacial score (nSPS) is 16.6. The van der Waals surface area contributed by atoms with Gasteiger partial charge in [0.1, 0.15) is 0 Å². The minimum atomic E-state index is -0.605. The summed E-state index contributed by atoms with van der Waals surface area (Å²) in [5.41, 5.74) is 1.18. The van der Waals surface area contributed by atoms with Gasteiger partial charge in [0.15, 0.2) is 0 Å². The van der Waals surface area contributed by atoms with Gasteiger partial charge in [-0.25, -0.2) is 0 Å². The highest BCUT2D eigenvalue weighted by Gasteiger charge is 2.20. The molecule has 5 heteroatoms. The Labute approximate surface area is 132 Å². The molecule has 1 aliphatic rings. The van der Waals surface area contributed by atoms with Gasteiger partial charge in [-0.05, 0) is 44.7 Å². The molecule has 0 radical (unpaired) electrons. The number of piperazine rings is 1. The van der Waals surface area contributed by atoms with Crippen LogP contribution in [-0.2, 0) is 0 Å². The molecule has 1 saturated heterocycles. The zero-order valence-electron chi connectivity index (χ0n) is 13.8. The molecule has 0 unspecified atom stereocenters. The lowest BCUT2D eigenvalue weighted by molar-refractivity contribution is 0.0869. The number of anilines is 1. The van der Waals surface area contributed by atoms with Crippen molar-refractivity contribution in [3.05, 3.63) is 29.8 Å². The fourth-order valence-electron chi connectivity index (χ4n) is 2.56. The van der Waals surface area contributed by atoms with Crippen molar-refractivity contribution in [2.24, 2.45) is 0 Å². The van der Waals surface area contributed by atoms with Gasteiger partial charge >= 0.3 is 0 Å². The predicted molar refractivity (Wildman–Crippen MR) is 89.4 cm³/mol. The van der Waals surface area contributed by atoms with Gasteiger partial charge in [0.2, 0.25) is 0 Å². The number of hydrogen-bond donors (Lipinski definition) is 2. The van der Waals surface area contributed by atoms with Gasteiger partial charge in [0, 0.05) is 37.4 Å². The van der Waals surface area contributed by atoms with E-state index in [1.807, 2.05) is 24.3 Å². The van der Waals surface area contributed by atoms with Crippen LogP contribution in [0.2, 0.25) is 0 Å². The number of hydrogen-bond acceptors (Lipinski definition) is 4. The van der Waals surface area contributed by atoms with E-state index in [0.29, 0.717) is 5.56 Å². The van der Waals surface area contributed by atoms with Gasteiger partial charge in [-0.1, -0.05) is 6.92 Å². The van der Waals surface area contributed by atoms with Gasteiger partial charge in [0.05, 0.1) is 12.1 Å². The highest BCUT2D eigenvalue weighted by atomic mass is 16.3. The molecule has 0 spiro atoms. The van der Waals surface area contributed by atoms with E-state index in [0.717, 1.165) is 38.4 Å². The number of nitrogens with zero attached hydrogens (tertiary/aromatic N) is 2. The first-order valence-corrected chi connectivity index (χ1v) is 7.96. The number of carbonyl (C=O) groups excluding carboxylic acids is 1. The molecule has 2 rings (SSSR count). The topological polar surface area (TPSA) is 55.8 Å². The summed E-state index contributed by atoms with van der Waals surface area (Å²) in [5, 5.41) is 12.0. The van der Waals surface area contributed by atoms with Crippen molar-refractivity contribution in [1.82, 2.24) is 10.2 Å². The number of rotatable bonds is 5. The molecule has 0 atom stereocenters. The van der Waals surface area contributed by atoms with E-state index in [1.54, 1.807) is 13.8 Å². The maximum absolute atomic E-state index is 12.1. The van der Waals surface area contributed by atoms with Gasteiger partial charge in [-0.15, -0.1) is 0 Å². The van der Waals surface area contributed by atoms with Crippen LogP contribution in [0.25, 0.3) is 0 Å². The number of benzene rings is 1. The van der Waals surface area contributed by atoms with E-state index in [9.17, 15) is 9.90 Å². The molecule has 0 bridgehead atoms. The fourth-order valence-corrected chi connectivity index (χ4v) is 2.56. The zero-order valence-corrected chi connectivity index (χ0v) is 13.8. The lowest BCUT2D eigenvalue weighted by atomic mass is 10.1. The van der Waals surface area contributed by atoms with Gasteiger partial charge in [-0.2, -0.15) is 0 Å². The van der Waals surface area contributed by atoms with Crippen molar-refractivity contribution in [3.63, 3.8) is 0 Å². The lowest BCUT2D eigenvalue weighted by Crippen LogP contribution is -2.46. The van der Waals surface area contributed by atoms with Crippen molar-refractivity contribution in [2.45, 2.75) is 26.3 Å². The Morgan fingerprint density at radius 1 is 1.18 bits per heavy atom. The first-order valence-electron chi connectivity index (χ1n) is 7.96. The van der Waals surface area contributed by atoms with Crippen molar-refractivity contribution in [1.29, 1.82) is 0 Å². The Hall–Kier alpha value is -1.59. The van der Waals surface area contributed by atoms with E-state index >= 15 is 0 Å². The second-order valence-corrected chi connectivity index (χ2v) is 6.46. The van der Waals surface area contributed by atoms with Crippen LogP contribution in [0.5, 0.6) is 0 Å². The van der Waals surface area contributed by atoms with Gasteiger partial charge < -0.3 is 20.2 Å². The summed E-state index contributed by atoms with van der Waals surface area (Å²) >= 11 is 0. The molecule has 0 aromatic heterocycles. The molecule has 1 aromatic carbocycles. The van der Waals surface area contributed by atoms with Crippen LogP contribution in [0.1, 0.15) is 31.1 Å². The van der Waals surface area contributed by atoms with E-state index in [-0.39, 0.29) is 12.5 Å². The van der Waals surface area contributed by atoms with Crippen LogP contribution in [-0.4, -0.2) is 60.8 Å². The Morgan fingerprint density at radius 3 is 2.27 bits per heavy atom. The summed E-state index contributed by atoms with van der Waals surface area (Å²) in [6.07, 6.45) is 0. The summed E-state index contributed by atoms with van der Waals surface area (Å²) in [6, 6.07) is 7.71. The molecule has 1 amide bonds. The number of nitrogens with one attached hydrogen (secondary N) is 1. The molecule has 0 aliphatic carbocycles. The second-order valence-electron chi connectivity index (χ2n) is 6.46. The summed E-state index contributed by atoms with van der Waals surface area (Å²) in [6.45, 7) is 11.0. The molecule has 5 nitrogen and oxygen atoms in total. The van der Waals surface area contributed by atoms with Crippen molar-refractivity contribution < 1.29 is 9.90 Å². The Kier molecular flexibility index (Phi) is 5.42. The smallest absolute Gasteiger partial charge is 0.251 e. The summed E-state index contributed by atoms with van der Waals surface area (Å²) in [5.74, 6) is -0.151. The van der Waals surface area contributed by atoms with Crippen LogP contribution in [0.3, 0.4) is 0 Å². The first kappa shape index (κ1) is 16.8. The van der Waals surface area contributed by atoms with E-state index < -0.39 is 5.54 Å². The third kappa shape index (κ3) is 4.21. The summed E-state index contributed by atoms with van der Waals surface area (Å²) in [7, 11) is 0. The number of likely N-dealkylation sites (N-methyl/N-ethyl adjacent to an activating group) is 1. The highest BCUT2D eigenvalue weighted by molar-refractivity contribution is 5.95. The molecular formula is C17H27N3O2.